The summed E-state index contributed by atoms with van der Waals surface area (Å²) in [6.45, 7) is 1.81. The van der Waals surface area contributed by atoms with Gasteiger partial charge < -0.3 is 10.3 Å². The van der Waals surface area contributed by atoms with Crippen molar-refractivity contribution in [2.75, 3.05) is 13.1 Å². The zero-order valence-electron chi connectivity index (χ0n) is 8.66. The fourth-order valence-corrected chi connectivity index (χ4v) is 2.48. The molecule has 2 N–H and O–H groups in total. The Morgan fingerprint density at radius 2 is 2.31 bits per heavy atom. The van der Waals surface area contributed by atoms with Gasteiger partial charge in [0.05, 0.1) is 17.1 Å². The molecule has 2 aromatic rings. The predicted molar refractivity (Wildman–Crippen MR) is 64.1 cm³/mol. The van der Waals surface area contributed by atoms with E-state index in [1.54, 1.807) is 10.6 Å². The second kappa shape index (κ2) is 3.64. The standard InChI is InChI=1S/C11H12ClN3O/c12-7-1-2-9-10(5-7)15(11(16)14-9)8-3-4-13-6-8/h1-2,5,8,13H,3-4,6H2,(H,14,16). The lowest BCUT2D eigenvalue weighted by atomic mass is 10.2. The molecule has 1 saturated heterocycles. The highest BCUT2D eigenvalue weighted by molar-refractivity contribution is 6.31. The van der Waals surface area contributed by atoms with Crippen LogP contribution in [0.25, 0.3) is 11.0 Å². The summed E-state index contributed by atoms with van der Waals surface area (Å²) < 4.78 is 1.81. The Labute approximate surface area is 97.2 Å². The number of imidazole rings is 1. The average molecular weight is 238 g/mol. The molecule has 2 heterocycles. The van der Waals surface area contributed by atoms with Crippen LogP contribution in [0.1, 0.15) is 12.5 Å². The van der Waals surface area contributed by atoms with Crippen LogP contribution in [0, 0.1) is 0 Å². The van der Waals surface area contributed by atoms with Crippen molar-refractivity contribution < 1.29 is 0 Å². The highest BCUT2D eigenvalue weighted by atomic mass is 35.5. The Morgan fingerprint density at radius 3 is 3.06 bits per heavy atom. The van der Waals surface area contributed by atoms with E-state index in [0.29, 0.717) is 5.02 Å². The number of nitrogens with zero attached hydrogens (tertiary/aromatic N) is 1. The van der Waals surface area contributed by atoms with Crippen LogP contribution in [-0.4, -0.2) is 22.6 Å². The van der Waals surface area contributed by atoms with Crippen molar-refractivity contribution in [3.8, 4) is 0 Å². The lowest BCUT2D eigenvalue weighted by Gasteiger charge is -2.10. The minimum absolute atomic E-state index is 0.0500. The summed E-state index contributed by atoms with van der Waals surface area (Å²) in [7, 11) is 0. The Morgan fingerprint density at radius 1 is 1.44 bits per heavy atom. The number of halogens is 1. The molecule has 1 aliphatic rings. The zero-order valence-corrected chi connectivity index (χ0v) is 9.42. The van der Waals surface area contributed by atoms with Crippen molar-refractivity contribution in [1.82, 2.24) is 14.9 Å². The zero-order chi connectivity index (χ0) is 11.1. The normalized spacial score (nSPS) is 20.7. The van der Waals surface area contributed by atoms with Gasteiger partial charge in [0.25, 0.3) is 0 Å². The number of aromatic nitrogens is 2. The minimum atomic E-state index is -0.0500. The number of rotatable bonds is 1. The summed E-state index contributed by atoms with van der Waals surface area (Å²) in [6.07, 6.45) is 0.985. The fourth-order valence-electron chi connectivity index (χ4n) is 2.32. The van der Waals surface area contributed by atoms with Crippen molar-refractivity contribution in [3.05, 3.63) is 33.7 Å². The maximum Gasteiger partial charge on any atom is 0.326 e. The van der Waals surface area contributed by atoms with Crippen LogP contribution in [0.4, 0.5) is 0 Å². The molecule has 0 spiro atoms. The Kier molecular flexibility index (Phi) is 2.26. The molecule has 1 fully saturated rings. The van der Waals surface area contributed by atoms with Crippen LogP contribution in [0.15, 0.2) is 23.0 Å². The first-order valence-corrected chi connectivity index (χ1v) is 5.74. The van der Waals surface area contributed by atoms with Gasteiger partial charge in [0.1, 0.15) is 0 Å². The summed E-state index contributed by atoms with van der Waals surface area (Å²) in [5.74, 6) is 0. The molecule has 0 aliphatic carbocycles. The first-order valence-electron chi connectivity index (χ1n) is 5.36. The van der Waals surface area contributed by atoms with Crippen LogP contribution >= 0.6 is 11.6 Å². The van der Waals surface area contributed by atoms with Crippen LogP contribution in [0.3, 0.4) is 0 Å². The predicted octanol–water partition coefficient (Wildman–Crippen LogP) is 1.52. The topological polar surface area (TPSA) is 49.8 Å². The van der Waals surface area contributed by atoms with Crippen molar-refractivity contribution in [3.63, 3.8) is 0 Å². The number of hydrogen-bond donors (Lipinski definition) is 2. The van der Waals surface area contributed by atoms with Gasteiger partial charge in [0.2, 0.25) is 0 Å². The van der Waals surface area contributed by atoms with Crippen molar-refractivity contribution in [2.45, 2.75) is 12.5 Å². The molecular weight excluding hydrogens is 226 g/mol. The van der Waals surface area contributed by atoms with E-state index in [0.717, 1.165) is 30.5 Å². The molecule has 5 heteroatoms. The number of benzene rings is 1. The Balaban J connectivity index is 2.25. The lowest BCUT2D eigenvalue weighted by molar-refractivity contribution is 0.546. The number of fused-ring (bicyclic) bond motifs is 1. The van der Waals surface area contributed by atoms with E-state index >= 15 is 0 Å². The molecule has 1 atom stereocenters. The van der Waals surface area contributed by atoms with Gasteiger partial charge in [-0.1, -0.05) is 11.6 Å². The Hall–Kier alpha value is -1.26. The summed E-state index contributed by atoms with van der Waals surface area (Å²) in [5, 5.41) is 3.92. The second-order valence-corrected chi connectivity index (χ2v) is 4.54. The van der Waals surface area contributed by atoms with Crippen LogP contribution in [0.5, 0.6) is 0 Å². The van der Waals surface area contributed by atoms with Crippen LogP contribution < -0.4 is 11.0 Å². The van der Waals surface area contributed by atoms with E-state index in [1.165, 1.54) is 0 Å². The minimum Gasteiger partial charge on any atom is -0.315 e. The molecule has 1 aromatic heterocycles. The molecule has 3 rings (SSSR count). The van der Waals surface area contributed by atoms with E-state index in [-0.39, 0.29) is 11.7 Å². The third-order valence-electron chi connectivity index (χ3n) is 3.08. The van der Waals surface area contributed by atoms with Gasteiger partial charge in [-0.25, -0.2) is 4.79 Å². The molecule has 0 amide bonds. The van der Waals surface area contributed by atoms with E-state index in [1.807, 2.05) is 12.1 Å². The number of nitrogens with one attached hydrogen (secondary N) is 2. The summed E-state index contributed by atoms with van der Waals surface area (Å²) >= 11 is 5.96. The van der Waals surface area contributed by atoms with Gasteiger partial charge in [0, 0.05) is 11.6 Å². The van der Waals surface area contributed by atoms with E-state index in [9.17, 15) is 4.79 Å². The summed E-state index contributed by atoms with van der Waals surface area (Å²) in [5.41, 5.74) is 1.69. The van der Waals surface area contributed by atoms with Gasteiger partial charge in [0.15, 0.2) is 0 Å². The molecule has 16 heavy (non-hydrogen) atoms. The molecule has 0 saturated carbocycles. The molecule has 1 unspecified atom stereocenters. The van der Waals surface area contributed by atoms with E-state index < -0.39 is 0 Å². The maximum absolute atomic E-state index is 11.9. The van der Waals surface area contributed by atoms with Crippen LogP contribution in [-0.2, 0) is 0 Å². The summed E-state index contributed by atoms with van der Waals surface area (Å²) in [4.78, 5) is 14.7. The number of hydrogen-bond acceptors (Lipinski definition) is 2. The average Bonchev–Trinajstić information content (AvgIpc) is 2.83. The van der Waals surface area contributed by atoms with Gasteiger partial charge in [-0.05, 0) is 31.2 Å². The molecule has 1 aliphatic heterocycles. The SMILES string of the molecule is O=c1[nH]c2ccc(Cl)cc2n1C1CCNC1. The molecule has 1 aromatic carbocycles. The van der Waals surface area contributed by atoms with Gasteiger partial charge in [-0.3, -0.25) is 4.57 Å². The van der Waals surface area contributed by atoms with Crippen molar-refractivity contribution in [1.29, 1.82) is 0 Å². The third kappa shape index (κ3) is 1.45. The smallest absolute Gasteiger partial charge is 0.315 e. The molecule has 0 bridgehead atoms. The van der Waals surface area contributed by atoms with Crippen molar-refractivity contribution in [2.24, 2.45) is 0 Å². The van der Waals surface area contributed by atoms with Crippen molar-refractivity contribution >= 4 is 22.6 Å². The number of aromatic amines is 1. The number of H-pyrrole nitrogens is 1. The van der Waals surface area contributed by atoms with Gasteiger partial charge >= 0.3 is 5.69 Å². The van der Waals surface area contributed by atoms with Gasteiger partial charge in [-0.15, -0.1) is 0 Å². The highest BCUT2D eigenvalue weighted by Gasteiger charge is 2.20. The molecular formula is C11H12ClN3O. The molecule has 0 radical (unpaired) electrons. The maximum atomic E-state index is 11.9. The summed E-state index contributed by atoms with van der Waals surface area (Å²) in [6, 6.07) is 5.71. The van der Waals surface area contributed by atoms with Gasteiger partial charge in [-0.2, -0.15) is 0 Å². The second-order valence-electron chi connectivity index (χ2n) is 4.11. The monoisotopic (exact) mass is 237 g/mol. The van der Waals surface area contributed by atoms with E-state index in [2.05, 4.69) is 10.3 Å². The first-order chi connectivity index (χ1) is 7.75. The van der Waals surface area contributed by atoms with E-state index in [4.69, 9.17) is 11.6 Å². The quantitative estimate of drug-likeness (QED) is 0.790. The lowest BCUT2D eigenvalue weighted by Crippen LogP contribution is -2.23. The third-order valence-corrected chi connectivity index (χ3v) is 3.31. The highest BCUT2D eigenvalue weighted by Crippen LogP contribution is 2.22. The molecule has 4 nitrogen and oxygen atoms in total. The fraction of sp³-hybridized carbons (Fsp3) is 0.364. The first kappa shape index (κ1) is 9.93. The van der Waals surface area contributed by atoms with Crippen LogP contribution in [0.2, 0.25) is 5.02 Å². The molecule has 84 valence electrons. The largest absolute Gasteiger partial charge is 0.326 e. The Bertz CT molecular complexity index is 580.